The molecule has 0 atom stereocenters. The number of nitrogens with zero attached hydrogens (tertiary/aromatic N) is 2. The fraction of sp³-hybridized carbons (Fsp3) is 0. The van der Waals surface area contributed by atoms with E-state index in [-0.39, 0.29) is 0 Å². The molecule has 3 aromatic rings. The van der Waals surface area contributed by atoms with Crippen LogP contribution in [0.1, 0.15) is 16.7 Å². The fourth-order valence-corrected chi connectivity index (χ4v) is 2.62. The summed E-state index contributed by atoms with van der Waals surface area (Å²) >= 11 is 3.40. The average molecular weight is 407 g/mol. The highest BCUT2D eigenvalue weighted by Crippen LogP contribution is 2.15. The zero-order valence-corrected chi connectivity index (χ0v) is 15.3. The number of aromatic nitrogens is 1. The summed E-state index contributed by atoms with van der Waals surface area (Å²) in [5.41, 5.74) is 3.01. The van der Waals surface area contributed by atoms with Gasteiger partial charge in [0.25, 0.3) is 0 Å². The summed E-state index contributed by atoms with van der Waals surface area (Å²) in [6.45, 7) is 0. The maximum Gasteiger partial charge on any atom is 0.358 e. The molecule has 1 heterocycles. The summed E-state index contributed by atoms with van der Waals surface area (Å²) in [7, 11) is 0. The largest absolute Gasteiger partial charge is 0.358 e. The van der Waals surface area contributed by atoms with E-state index in [1.807, 2.05) is 66.7 Å². The summed E-state index contributed by atoms with van der Waals surface area (Å²) in [6, 6.07) is 20.9. The molecule has 3 rings (SSSR count). The van der Waals surface area contributed by atoms with Crippen molar-refractivity contribution in [2.75, 3.05) is 0 Å². The van der Waals surface area contributed by atoms with Gasteiger partial charge in [0.2, 0.25) is 0 Å². The van der Waals surface area contributed by atoms with Crippen LogP contribution < -0.4 is 0 Å². The summed E-state index contributed by atoms with van der Waals surface area (Å²) < 4.78 is 0.814. The van der Waals surface area contributed by atoms with Gasteiger partial charge in [0.1, 0.15) is 5.71 Å². The van der Waals surface area contributed by atoms with Crippen LogP contribution in [0.2, 0.25) is 0 Å². The molecule has 128 valence electrons. The van der Waals surface area contributed by atoms with Crippen molar-refractivity contribution in [2.45, 2.75) is 0 Å². The Bertz CT molecular complexity index is 938. The van der Waals surface area contributed by atoms with Crippen molar-refractivity contribution < 1.29 is 9.63 Å². The quantitative estimate of drug-likeness (QED) is 0.263. The number of hydrogen-bond donors (Lipinski definition) is 0. The molecule has 26 heavy (non-hydrogen) atoms. The van der Waals surface area contributed by atoms with Crippen LogP contribution in [-0.4, -0.2) is 16.7 Å². The Labute approximate surface area is 160 Å². The topological polar surface area (TPSA) is 51.5 Å². The van der Waals surface area contributed by atoms with Crippen LogP contribution in [0, 0.1) is 0 Å². The van der Waals surface area contributed by atoms with Crippen LogP contribution in [0.5, 0.6) is 0 Å². The van der Waals surface area contributed by atoms with Crippen LogP contribution in [0.15, 0.2) is 94.8 Å². The Morgan fingerprint density at radius 2 is 1.65 bits per heavy atom. The minimum absolute atomic E-state index is 0.529. The Hall–Kier alpha value is -3.05. The lowest BCUT2D eigenvalue weighted by Gasteiger charge is -2.06. The molecule has 2 aromatic carbocycles. The summed E-state index contributed by atoms with van der Waals surface area (Å²) in [5, 5.41) is 4.07. The molecular weight excluding hydrogens is 392 g/mol. The number of pyridine rings is 1. The molecule has 4 nitrogen and oxygen atoms in total. The first-order chi connectivity index (χ1) is 12.7. The van der Waals surface area contributed by atoms with Crippen LogP contribution >= 0.6 is 15.9 Å². The van der Waals surface area contributed by atoms with Gasteiger partial charge >= 0.3 is 5.97 Å². The molecule has 0 saturated heterocycles. The van der Waals surface area contributed by atoms with E-state index in [2.05, 4.69) is 26.1 Å². The van der Waals surface area contributed by atoms with E-state index in [1.165, 1.54) is 6.08 Å². The summed E-state index contributed by atoms with van der Waals surface area (Å²) in [5.74, 6) is -0.551. The van der Waals surface area contributed by atoms with Gasteiger partial charge in [-0.1, -0.05) is 65.8 Å². The van der Waals surface area contributed by atoms with Crippen molar-refractivity contribution in [3.05, 3.63) is 106 Å². The molecule has 0 spiro atoms. The SMILES string of the molecule is O=C(C=Cc1ccccc1)ON=C(c1ccccc1)c1cncc(Br)c1. The molecule has 0 fully saturated rings. The third-order valence-corrected chi connectivity index (χ3v) is 3.90. The Morgan fingerprint density at radius 1 is 0.962 bits per heavy atom. The lowest BCUT2D eigenvalue weighted by Crippen LogP contribution is -2.07. The maximum absolute atomic E-state index is 12.0. The molecule has 0 bridgehead atoms. The molecule has 0 N–H and O–H groups in total. The molecule has 0 aliphatic rings. The van der Waals surface area contributed by atoms with E-state index < -0.39 is 5.97 Å². The van der Waals surface area contributed by atoms with E-state index in [0.29, 0.717) is 5.71 Å². The Kier molecular flexibility index (Phi) is 6.06. The van der Waals surface area contributed by atoms with Gasteiger partial charge < -0.3 is 4.84 Å². The van der Waals surface area contributed by atoms with Crippen molar-refractivity contribution in [1.29, 1.82) is 0 Å². The minimum Gasteiger partial charge on any atom is -0.313 e. The van der Waals surface area contributed by atoms with Crippen molar-refractivity contribution in [1.82, 2.24) is 4.98 Å². The maximum atomic E-state index is 12.0. The van der Waals surface area contributed by atoms with Gasteiger partial charge in [-0.2, -0.15) is 0 Å². The van der Waals surface area contributed by atoms with E-state index in [4.69, 9.17) is 4.84 Å². The third-order valence-electron chi connectivity index (χ3n) is 3.46. The van der Waals surface area contributed by atoms with Crippen LogP contribution in [0.25, 0.3) is 6.08 Å². The highest BCUT2D eigenvalue weighted by Gasteiger charge is 2.10. The second-order valence-corrected chi connectivity index (χ2v) is 6.27. The van der Waals surface area contributed by atoms with E-state index in [1.54, 1.807) is 18.5 Å². The third kappa shape index (κ3) is 4.97. The zero-order valence-electron chi connectivity index (χ0n) is 13.7. The molecule has 1 aromatic heterocycles. The van der Waals surface area contributed by atoms with E-state index in [9.17, 15) is 4.79 Å². The standard InChI is InChI=1S/C21H15BrN2O2/c22-19-13-18(14-23-15-19)21(17-9-5-2-6-10-17)24-26-20(25)12-11-16-7-3-1-4-8-16/h1-15H. The van der Waals surface area contributed by atoms with Gasteiger partial charge in [-0.25, -0.2) is 4.79 Å². The number of carbonyl (C=O) groups is 1. The number of carbonyl (C=O) groups excluding carboxylic acids is 1. The molecule has 0 aliphatic heterocycles. The minimum atomic E-state index is -0.551. The lowest BCUT2D eigenvalue weighted by atomic mass is 10.0. The van der Waals surface area contributed by atoms with Crippen molar-refractivity contribution in [3.8, 4) is 0 Å². The zero-order chi connectivity index (χ0) is 18.2. The highest BCUT2D eigenvalue weighted by atomic mass is 79.9. The molecule has 0 unspecified atom stereocenters. The van der Waals surface area contributed by atoms with E-state index >= 15 is 0 Å². The van der Waals surface area contributed by atoms with Crippen LogP contribution in [0.3, 0.4) is 0 Å². The summed E-state index contributed by atoms with van der Waals surface area (Å²) in [6.07, 6.45) is 6.38. The number of rotatable bonds is 5. The predicted octanol–water partition coefficient (Wildman–Crippen LogP) is 4.85. The smallest absolute Gasteiger partial charge is 0.313 e. The van der Waals surface area contributed by atoms with Gasteiger partial charge in [0.05, 0.1) is 0 Å². The van der Waals surface area contributed by atoms with Crippen molar-refractivity contribution in [2.24, 2.45) is 5.16 Å². The van der Waals surface area contributed by atoms with Gasteiger partial charge in [-0.05, 0) is 33.6 Å². The monoisotopic (exact) mass is 406 g/mol. The normalized spacial score (nSPS) is 11.5. The summed E-state index contributed by atoms with van der Waals surface area (Å²) in [4.78, 5) is 21.3. The molecule has 0 amide bonds. The van der Waals surface area contributed by atoms with E-state index in [0.717, 1.165) is 21.2 Å². The predicted molar refractivity (Wildman–Crippen MR) is 106 cm³/mol. The number of hydrogen-bond acceptors (Lipinski definition) is 4. The Balaban J connectivity index is 1.83. The molecule has 0 saturated carbocycles. The van der Waals surface area contributed by atoms with Gasteiger partial charge in [0, 0.05) is 34.1 Å². The lowest BCUT2D eigenvalue weighted by molar-refractivity contribution is -0.137. The van der Waals surface area contributed by atoms with Crippen LogP contribution in [-0.2, 0) is 9.63 Å². The second-order valence-electron chi connectivity index (χ2n) is 5.35. The molecule has 0 aliphatic carbocycles. The van der Waals surface area contributed by atoms with Gasteiger partial charge in [-0.15, -0.1) is 0 Å². The first-order valence-corrected chi connectivity index (χ1v) is 8.70. The Morgan fingerprint density at radius 3 is 2.35 bits per heavy atom. The van der Waals surface area contributed by atoms with Crippen molar-refractivity contribution in [3.63, 3.8) is 0 Å². The van der Waals surface area contributed by atoms with Gasteiger partial charge in [0.15, 0.2) is 0 Å². The van der Waals surface area contributed by atoms with Crippen molar-refractivity contribution >= 4 is 33.7 Å². The fourth-order valence-electron chi connectivity index (χ4n) is 2.26. The number of benzene rings is 2. The highest BCUT2D eigenvalue weighted by molar-refractivity contribution is 9.10. The average Bonchev–Trinajstić information content (AvgIpc) is 2.68. The molecular formula is C21H15BrN2O2. The van der Waals surface area contributed by atoms with Crippen LogP contribution in [0.4, 0.5) is 0 Å². The first kappa shape index (κ1) is 17.8. The number of halogens is 1. The first-order valence-electron chi connectivity index (χ1n) is 7.91. The van der Waals surface area contributed by atoms with Gasteiger partial charge in [-0.3, -0.25) is 4.98 Å². The molecule has 5 heteroatoms. The second kappa shape index (κ2) is 8.87. The molecule has 0 radical (unpaired) electrons. The number of oxime groups is 1.